The SMILES string of the molecule is CCC(C)Cc1ccc(Cc2cccnc2)s1. The van der Waals surface area contributed by atoms with Gasteiger partial charge in [-0.15, -0.1) is 11.3 Å². The van der Waals surface area contributed by atoms with Crippen LogP contribution in [0, 0.1) is 5.92 Å². The van der Waals surface area contributed by atoms with E-state index in [4.69, 9.17) is 0 Å². The van der Waals surface area contributed by atoms with Crippen molar-refractivity contribution in [1.82, 2.24) is 4.98 Å². The summed E-state index contributed by atoms with van der Waals surface area (Å²) in [6.07, 6.45) is 7.27. The van der Waals surface area contributed by atoms with Crippen LogP contribution < -0.4 is 0 Å². The first-order valence-electron chi connectivity index (χ1n) is 6.24. The summed E-state index contributed by atoms with van der Waals surface area (Å²) < 4.78 is 0. The van der Waals surface area contributed by atoms with E-state index in [0.29, 0.717) is 0 Å². The maximum Gasteiger partial charge on any atom is 0.0303 e. The number of nitrogens with zero attached hydrogens (tertiary/aromatic N) is 1. The highest BCUT2D eigenvalue weighted by atomic mass is 32.1. The molecular formula is C15H19NS. The van der Waals surface area contributed by atoms with Crippen LogP contribution in [-0.2, 0) is 12.8 Å². The molecule has 0 amide bonds. The molecule has 0 radical (unpaired) electrons. The Kier molecular flexibility index (Phi) is 4.32. The first-order valence-corrected chi connectivity index (χ1v) is 7.06. The minimum Gasteiger partial charge on any atom is -0.264 e. The third kappa shape index (κ3) is 3.67. The standard InChI is InChI=1S/C15H19NS/c1-3-12(2)9-14-6-7-15(17-14)10-13-5-4-8-16-11-13/h4-8,11-12H,3,9-10H2,1-2H3. The summed E-state index contributed by atoms with van der Waals surface area (Å²) >= 11 is 1.94. The molecule has 2 aromatic heterocycles. The van der Waals surface area contributed by atoms with Crippen molar-refractivity contribution in [2.24, 2.45) is 5.92 Å². The van der Waals surface area contributed by atoms with Gasteiger partial charge < -0.3 is 0 Å². The van der Waals surface area contributed by atoms with E-state index in [1.807, 2.05) is 29.8 Å². The van der Waals surface area contributed by atoms with Crippen molar-refractivity contribution < 1.29 is 0 Å². The molecule has 17 heavy (non-hydrogen) atoms. The Balaban J connectivity index is 1.99. The predicted molar refractivity (Wildman–Crippen MR) is 74.5 cm³/mol. The molecule has 0 fully saturated rings. The Hall–Kier alpha value is -1.15. The minimum atomic E-state index is 0.792. The highest BCUT2D eigenvalue weighted by Gasteiger charge is 2.05. The van der Waals surface area contributed by atoms with Crippen LogP contribution in [0.15, 0.2) is 36.7 Å². The van der Waals surface area contributed by atoms with Crippen molar-refractivity contribution in [3.63, 3.8) is 0 Å². The van der Waals surface area contributed by atoms with E-state index in [9.17, 15) is 0 Å². The number of pyridine rings is 1. The number of hydrogen-bond acceptors (Lipinski definition) is 2. The first kappa shape index (κ1) is 12.3. The van der Waals surface area contributed by atoms with Gasteiger partial charge in [0.1, 0.15) is 0 Å². The third-order valence-electron chi connectivity index (χ3n) is 3.07. The van der Waals surface area contributed by atoms with Crippen LogP contribution in [0.2, 0.25) is 0 Å². The van der Waals surface area contributed by atoms with Crippen LogP contribution in [0.1, 0.15) is 35.6 Å². The average molecular weight is 245 g/mol. The molecule has 0 spiro atoms. The van der Waals surface area contributed by atoms with Crippen LogP contribution in [0.4, 0.5) is 0 Å². The van der Waals surface area contributed by atoms with E-state index in [1.165, 1.54) is 28.2 Å². The quantitative estimate of drug-likeness (QED) is 0.764. The summed E-state index contributed by atoms with van der Waals surface area (Å²) in [7, 11) is 0. The zero-order chi connectivity index (χ0) is 12.1. The predicted octanol–water partition coefficient (Wildman–Crippen LogP) is 4.32. The summed E-state index contributed by atoms with van der Waals surface area (Å²) in [4.78, 5) is 7.11. The summed E-state index contributed by atoms with van der Waals surface area (Å²) in [5, 5.41) is 0. The summed E-state index contributed by atoms with van der Waals surface area (Å²) in [5.41, 5.74) is 1.30. The van der Waals surface area contributed by atoms with Crippen LogP contribution in [0.3, 0.4) is 0 Å². The van der Waals surface area contributed by atoms with Crippen molar-refractivity contribution in [3.05, 3.63) is 52.0 Å². The van der Waals surface area contributed by atoms with Gasteiger partial charge in [0.25, 0.3) is 0 Å². The van der Waals surface area contributed by atoms with Gasteiger partial charge in [-0.1, -0.05) is 26.3 Å². The van der Waals surface area contributed by atoms with Crippen LogP contribution in [0.5, 0.6) is 0 Å². The molecular weight excluding hydrogens is 226 g/mol. The van der Waals surface area contributed by atoms with Gasteiger partial charge in [-0.25, -0.2) is 0 Å². The molecule has 0 N–H and O–H groups in total. The van der Waals surface area contributed by atoms with Crippen LogP contribution >= 0.6 is 11.3 Å². The second kappa shape index (κ2) is 5.97. The van der Waals surface area contributed by atoms with Gasteiger partial charge in [-0.3, -0.25) is 4.98 Å². The molecule has 0 aliphatic rings. The molecule has 0 bridgehead atoms. The summed E-state index contributed by atoms with van der Waals surface area (Å²) in [6, 6.07) is 8.68. The van der Waals surface area contributed by atoms with Gasteiger partial charge in [-0.2, -0.15) is 0 Å². The fourth-order valence-corrected chi connectivity index (χ4v) is 3.03. The van der Waals surface area contributed by atoms with E-state index in [1.54, 1.807) is 0 Å². The summed E-state index contributed by atoms with van der Waals surface area (Å²) in [5.74, 6) is 0.792. The maximum absolute atomic E-state index is 4.15. The highest BCUT2D eigenvalue weighted by molar-refractivity contribution is 7.12. The van der Waals surface area contributed by atoms with Crippen LogP contribution in [0.25, 0.3) is 0 Å². The Morgan fingerprint density at radius 1 is 1.24 bits per heavy atom. The molecule has 0 aliphatic heterocycles. The number of aromatic nitrogens is 1. The molecule has 2 heterocycles. The molecule has 1 atom stereocenters. The van der Waals surface area contributed by atoms with E-state index in [0.717, 1.165) is 12.3 Å². The molecule has 2 rings (SSSR count). The molecule has 0 saturated heterocycles. The normalized spacial score (nSPS) is 12.6. The van der Waals surface area contributed by atoms with E-state index < -0.39 is 0 Å². The molecule has 2 heteroatoms. The molecule has 0 aromatic carbocycles. The largest absolute Gasteiger partial charge is 0.264 e. The van der Waals surface area contributed by atoms with E-state index in [2.05, 4.69) is 37.0 Å². The maximum atomic E-state index is 4.15. The third-order valence-corrected chi connectivity index (χ3v) is 4.17. The fourth-order valence-electron chi connectivity index (χ4n) is 1.82. The molecule has 0 aliphatic carbocycles. The number of hydrogen-bond donors (Lipinski definition) is 0. The molecule has 1 nitrogen and oxygen atoms in total. The molecule has 0 saturated carbocycles. The van der Waals surface area contributed by atoms with Gasteiger partial charge in [0.15, 0.2) is 0 Å². The van der Waals surface area contributed by atoms with Crippen molar-refractivity contribution in [2.75, 3.05) is 0 Å². The minimum absolute atomic E-state index is 0.792. The highest BCUT2D eigenvalue weighted by Crippen LogP contribution is 2.23. The average Bonchev–Trinajstić information content (AvgIpc) is 2.77. The van der Waals surface area contributed by atoms with Crippen molar-refractivity contribution in [3.8, 4) is 0 Å². The fraction of sp³-hybridized carbons (Fsp3) is 0.400. The van der Waals surface area contributed by atoms with Crippen LogP contribution in [-0.4, -0.2) is 4.98 Å². The Morgan fingerprint density at radius 2 is 2.06 bits per heavy atom. The first-order chi connectivity index (χ1) is 8.28. The number of thiophene rings is 1. The Labute approximate surface area is 108 Å². The second-order valence-electron chi connectivity index (χ2n) is 4.62. The lowest BCUT2D eigenvalue weighted by Crippen LogP contribution is -1.94. The smallest absolute Gasteiger partial charge is 0.0303 e. The lowest BCUT2D eigenvalue weighted by Gasteiger charge is -2.04. The van der Waals surface area contributed by atoms with Crippen molar-refractivity contribution in [1.29, 1.82) is 0 Å². The van der Waals surface area contributed by atoms with Gasteiger partial charge in [0.05, 0.1) is 0 Å². The zero-order valence-electron chi connectivity index (χ0n) is 10.5. The lowest BCUT2D eigenvalue weighted by molar-refractivity contribution is 0.565. The lowest BCUT2D eigenvalue weighted by atomic mass is 10.0. The van der Waals surface area contributed by atoms with Gasteiger partial charge in [-0.05, 0) is 36.1 Å². The van der Waals surface area contributed by atoms with Crippen molar-refractivity contribution in [2.45, 2.75) is 33.1 Å². The molecule has 1 unspecified atom stereocenters. The zero-order valence-corrected chi connectivity index (χ0v) is 11.3. The van der Waals surface area contributed by atoms with E-state index in [-0.39, 0.29) is 0 Å². The topological polar surface area (TPSA) is 12.9 Å². The Morgan fingerprint density at radius 3 is 2.76 bits per heavy atom. The van der Waals surface area contributed by atoms with Gasteiger partial charge in [0, 0.05) is 28.6 Å². The Bertz CT molecular complexity index is 447. The van der Waals surface area contributed by atoms with E-state index >= 15 is 0 Å². The second-order valence-corrected chi connectivity index (χ2v) is 5.88. The van der Waals surface area contributed by atoms with Gasteiger partial charge in [0.2, 0.25) is 0 Å². The molecule has 2 aromatic rings. The van der Waals surface area contributed by atoms with Gasteiger partial charge >= 0.3 is 0 Å². The van der Waals surface area contributed by atoms with Crippen molar-refractivity contribution >= 4 is 11.3 Å². The monoisotopic (exact) mass is 245 g/mol. The molecule has 90 valence electrons. The number of rotatable bonds is 5. The summed E-state index contributed by atoms with van der Waals surface area (Å²) in [6.45, 7) is 4.58.